The minimum atomic E-state index is -0.359. The Morgan fingerprint density at radius 3 is 3.16 bits per heavy atom. The van der Waals surface area contributed by atoms with E-state index in [1.807, 2.05) is 24.4 Å². The Bertz CT molecular complexity index is 874. The fourth-order valence-corrected chi connectivity index (χ4v) is 2.79. The van der Waals surface area contributed by atoms with Crippen molar-refractivity contribution in [3.05, 3.63) is 65.5 Å². The van der Waals surface area contributed by atoms with Gasteiger partial charge in [-0.3, -0.25) is 0 Å². The summed E-state index contributed by atoms with van der Waals surface area (Å²) in [6, 6.07) is 9.46. The molecule has 1 unspecified atom stereocenters. The largest absolute Gasteiger partial charge is 0.465 e. The Balaban J connectivity index is 1.75. The molecule has 0 radical (unpaired) electrons. The van der Waals surface area contributed by atoms with E-state index in [0.29, 0.717) is 18.5 Å². The molecule has 0 aliphatic heterocycles. The SMILES string of the molecule is COC(=O)c1cccc(Cn2cc(C3=CC(CC#N)CC=C3)nn2)c1. The van der Waals surface area contributed by atoms with Gasteiger partial charge in [0.15, 0.2) is 0 Å². The van der Waals surface area contributed by atoms with Crippen molar-refractivity contribution in [2.75, 3.05) is 7.11 Å². The van der Waals surface area contributed by atoms with Crippen LogP contribution >= 0.6 is 0 Å². The number of nitrogens with zero attached hydrogens (tertiary/aromatic N) is 4. The van der Waals surface area contributed by atoms with Crippen LogP contribution in [0.4, 0.5) is 0 Å². The molecule has 1 aliphatic rings. The van der Waals surface area contributed by atoms with E-state index in [2.05, 4.69) is 28.5 Å². The molecule has 1 heterocycles. The summed E-state index contributed by atoms with van der Waals surface area (Å²) in [5.41, 5.74) is 3.22. The molecular formula is C19H18N4O2. The maximum absolute atomic E-state index is 11.6. The van der Waals surface area contributed by atoms with Crippen molar-refractivity contribution in [1.29, 1.82) is 5.26 Å². The van der Waals surface area contributed by atoms with Crippen LogP contribution in [0.3, 0.4) is 0 Å². The van der Waals surface area contributed by atoms with E-state index in [4.69, 9.17) is 10.00 Å². The van der Waals surface area contributed by atoms with Crippen LogP contribution in [0.15, 0.2) is 48.7 Å². The first-order chi connectivity index (χ1) is 12.2. The van der Waals surface area contributed by atoms with Gasteiger partial charge in [-0.2, -0.15) is 5.26 Å². The van der Waals surface area contributed by atoms with Crippen molar-refractivity contribution in [1.82, 2.24) is 15.0 Å². The molecule has 0 amide bonds. The Hall–Kier alpha value is -3.20. The Kier molecular flexibility index (Phi) is 5.05. The molecule has 0 N–H and O–H groups in total. The summed E-state index contributed by atoms with van der Waals surface area (Å²) in [6.45, 7) is 0.510. The maximum Gasteiger partial charge on any atom is 0.337 e. The van der Waals surface area contributed by atoms with Crippen molar-refractivity contribution in [2.45, 2.75) is 19.4 Å². The average molecular weight is 334 g/mol. The predicted octanol–water partition coefficient (Wildman–Crippen LogP) is 2.99. The van der Waals surface area contributed by atoms with E-state index in [9.17, 15) is 4.79 Å². The Labute approximate surface area is 146 Å². The van der Waals surface area contributed by atoms with E-state index < -0.39 is 0 Å². The lowest BCUT2D eigenvalue weighted by molar-refractivity contribution is 0.0600. The van der Waals surface area contributed by atoms with Crippen molar-refractivity contribution in [3.63, 3.8) is 0 Å². The van der Waals surface area contributed by atoms with Crippen LogP contribution in [-0.4, -0.2) is 28.1 Å². The highest BCUT2D eigenvalue weighted by Gasteiger charge is 2.13. The summed E-state index contributed by atoms with van der Waals surface area (Å²) in [6.07, 6.45) is 9.41. The summed E-state index contributed by atoms with van der Waals surface area (Å²) >= 11 is 0. The second-order valence-electron chi connectivity index (χ2n) is 5.88. The molecular weight excluding hydrogens is 316 g/mol. The van der Waals surface area contributed by atoms with Crippen molar-refractivity contribution < 1.29 is 9.53 Å². The number of benzene rings is 1. The summed E-state index contributed by atoms with van der Waals surface area (Å²) in [4.78, 5) is 11.6. The van der Waals surface area contributed by atoms with E-state index in [0.717, 1.165) is 23.3 Å². The normalized spacial score (nSPS) is 16.2. The molecule has 1 aromatic carbocycles. The van der Waals surface area contributed by atoms with E-state index in [-0.39, 0.29) is 11.9 Å². The topological polar surface area (TPSA) is 80.8 Å². The van der Waals surface area contributed by atoms with Crippen LogP contribution < -0.4 is 0 Å². The zero-order valence-corrected chi connectivity index (χ0v) is 13.9. The molecule has 2 aromatic rings. The number of carbonyl (C=O) groups is 1. The lowest BCUT2D eigenvalue weighted by Gasteiger charge is -2.11. The number of esters is 1. The Morgan fingerprint density at radius 2 is 2.36 bits per heavy atom. The number of methoxy groups -OCH3 is 1. The summed E-state index contributed by atoms with van der Waals surface area (Å²) in [7, 11) is 1.36. The van der Waals surface area contributed by atoms with Gasteiger partial charge in [0.2, 0.25) is 0 Å². The molecule has 0 bridgehead atoms. The van der Waals surface area contributed by atoms with Gasteiger partial charge in [-0.1, -0.05) is 35.6 Å². The quantitative estimate of drug-likeness (QED) is 0.785. The summed E-state index contributed by atoms with van der Waals surface area (Å²) < 4.78 is 6.47. The molecule has 6 nitrogen and oxygen atoms in total. The maximum atomic E-state index is 11.6. The second-order valence-corrected chi connectivity index (χ2v) is 5.88. The van der Waals surface area contributed by atoms with Crippen molar-refractivity contribution >= 4 is 11.5 Å². The van der Waals surface area contributed by atoms with Crippen LogP contribution in [0.5, 0.6) is 0 Å². The zero-order chi connectivity index (χ0) is 17.6. The first-order valence-corrected chi connectivity index (χ1v) is 8.02. The van der Waals surface area contributed by atoms with Gasteiger partial charge in [-0.05, 0) is 35.6 Å². The molecule has 1 aliphatic carbocycles. The molecule has 0 saturated carbocycles. The number of hydrogen-bond donors (Lipinski definition) is 0. The van der Waals surface area contributed by atoms with Gasteiger partial charge < -0.3 is 4.74 Å². The van der Waals surface area contributed by atoms with Crippen LogP contribution in [-0.2, 0) is 11.3 Å². The standard InChI is InChI=1S/C19H18N4O2/c1-25-19(24)17-7-3-5-15(11-17)12-23-13-18(21-22-23)16-6-2-4-14(10-16)8-9-20/h2-3,5-7,10-11,13-14H,4,8,12H2,1H3. The van der Waals surface area contributed by atoms with Crippen LogP contribution in [0.1, 0.15) is 34.5 Å². The minimum absolute atomic E-state index is 0.229. The highest BCUT2D eigenvalue weighted by Crippen LogP contribution is 2.25. The van der Waals surface area contributed by atoms with Crippen molar-refractivity contribution in [2.24, 2.45) is 5.92 Å². The minimum Gasteiger partial charge on any atom is -0.465 e. The fraction of sp³-hybridized carbons (Fsp3) is 0.263. The number of hydrogen-bond acceptors (Lipinski definition) is 5. The van der Waals surface area contributed by atoms with Gasteiger partial charge in [0.25, 0.3) is 0 Å². The summed E-state index contributed by atoms with van der Waals surface area (Å²) in [5, 5.41) is 17.2. The first-order valence-electron chi connectivity index (χ1n) is 8.02. The molecule has 0 saturated heterocycles. The number of aromatic nitrogens is 3. The van der Waals surface area contributed by atoms with Gasteiger partial charge in [-0.15, -0.1) is 5.10 Å². The van der Waals surface area contributed by atoms with Crippen LogP contribution in [0.2, 0.25) is 0 Å². The fourth-order valence-electron chi connectivity index (χ4n) is 2.79. The number of rotatable bonds is 5. The molecule has 6 heteroatoms. The Morgan fingerprint density at radius 1 is 1.48 bits per heavy atom. The third-order valence-corrected chi connectivity index (χ3v) is 4.03. The summed E-state index contributed by atoms with van der Waals surface area (Å²) in [5.74, 6) is -0.131. The average Bonchev–Trinajstić information content (AvgIpc) is 3.10. The van der Waals surface area contributed by atoms with Crippen LogP contribution in [0.25, 0.3) is 5.57 Å². The third-order valence-electron chi connectivity index (χ3n) is 4.03. The highest BCUT2D eigenvalue weighted by molar-refractivity contribution is 5.89. The number of ether oxygens (including phenoxy) is 1. The molecule has 25 heavy (non-hydrogen) atoms. The van der Waals surface area contributed by atoms with Gasteiger partial charge in [0.05, 0.1) is 31.5 Å². The lowest BCUT2D eigenvalue weighted by atomic mass is 9.93. The van der Waals surface area contributed by atoms with Crippen molar-refractivity contribution in [3.8, 4) is 6.07 Å². The van der Waals surface area contributed by atoms with Gasteiger partial charge in [0.1, 0.15) is 5.69 Å². The molecule has 0 spiro atoms. The van der Waals surface area contributed by atoms with E-state index in [1.165, 1.54) is 7.11 Å². The molecule has 1 atom stereocenters. The molecule has 126 valence electrons. The van der Waals surface area contributed by atoms with Gasteiger partial charge in [0, 0.05) is 6.42 Å². The number of allylic oxidation sites excluding steroid dienone is 4. The molecule has 0 fully saturated rings. The smallest absolute Gasteiger partial charge is 0.337 e. The highest BCUT2D eigenvalue weighted by atomic mass is 16.5. The predicted molar refractivity (Wildman–Crippen MR) is 92.4 cm³/mol. The van der Waals surface area contributed by atoms with E-state index in [1.54, 1.807) is 16.8 Å². The van der Waals surface area contributed by atoms with Gasteiger partial charge in [-0.25, -0.2) is 9.48 Å². The molecule has 1 aromatic heterocycles. The van der Waals surface area contributed by atoms with Gasteiger partial charge >= 0.3 is 5.97 Å². The second kappa shape index (κ2) is 7.58. The zero-order valence-electron chi connectivity index (χ0n) is 13.9. The third kappa shape index (κ3) is 4.01. The number of carbonyl (C=O) groups excluding carboxylic acids is 1. The monoisotopic (exact) mass is 334 g/mol. The first kappa shape index (κ1) is 16.7. The lowest BCUT2D eigenvalue weighted by Crippen LogP contribution is -2.04. The van der Waals surface area contributed by atoms with E-state index >= 15 is 0 Å². The van der Waals surface area contributed by atoms with Crippen LogP contribution in [0, 0.1) is 17.2 Å². The molecule has 3 rings (SSSR count). The number of nitriles is 1.